The van der Waals surface area contributed by atoms with E-state index in [2.05, 4.69) is 11.6 Å². The van der Waals surface area contributed by atoms with Crippen molar-refractivity contribution in [2.75, 3.05) is 13.2 Å². The molecule has 1 aliphatic rings. The Kier molecular flexibility index (Phi) is 5.21. The molecule has 0 saturated carbocycles. The average molecular weight is 345 g/mol. The molecule has 0 aromatic heterocycles. The molecule has 0 radical (unpaired) electrons. The number of hydrogen-bond acceptors (Lipinski definition) is 3. The summed E-state index contributed by atoms with van der Waals surface area (Å²) < 4.78 is 33.3. The predicted octanol–water partition coefficient (Wildman–Crippen LogP) is 3.17. The van der Waals surface area contributed by atoms with Gasteiger partial charge in [0.05, 0.1) is 11.5 Å². The third kappa shape index (κ3) is 3.97. The Morgan fingerprint density at radius 2 is 1.88 bits per heavy atom. The molecule has 0 saturated heterocycles. The highest BCUT2D eigenvalue weighted by Crippen LogP contribution is 2.26. The SMILES string of the molecule is CCCc1ccc(S(=O)(=O)NCC2COc3ccccc3C2)cc1. The largest absolute Gasteiger partial charge is 0.493 e. The Bertz CT molecular complexity index is 785. The summed E-state index contributed by atoms with van der Waals surface area (Å²) in [6.45, 7) is 3.03. The first kappa shape index (κ1) is 17.0. The van der Waals surface area contributed by atoms with Crippen LogP contribution in [0.15, 0.2) is 53.4 Å². The van der Waals surface area contributed by atoms with Crippen LogP contribution in [-0.2, 0) is 22.9 Å². The minimum Gasteiger partial charge on any atom is -0.493 e. The molecule has 3 rings (SSSR count). The van der Waals surface area contributed by atoms with E-state index in [0.29, 0.717) is 18.0 Å². The molecule has 4 nitrogen and oxygen atoms in total. The van der Waals surface area contributed by atoms with Gasteiger partial charge < -0.3 is 4.74 Å². The fourth-order valence-corrected chi connectivity index (χ4v) is 4.07. The maximum Gasteiger partial charge on any atom is 0.240 e. The molecular weight excluding hydrogens is 322 g/mol. The second kappa shape index (κ2) is 7.36. The second-order valence-corrected chi connectivity index (χ2v) is 8.00. The van der Waals surface area contributed by atoms with E-state index >= 15 is 0 Å². The minimum absolute atomic E-state index is 0.147. The molecule has 1 aliphatic heterocycles. The first-order valence-electron chi connectivity index (χ1n) is 8.38. The molecule has 2 aromatic carbocycles. The average Bonchev–Trinajstić information content (AvgIpc) is 2.61. The van der Waals surface area contributed by atoms with Crippen LogP contribution in [-0.4, -0.2) is 21.6 Å². The molecule has 1 unspecified atom stereocenters. The van der Waals surface area contributed by atoms with Crippen LogP contribution in [0.2, 0.25) is 0 Å². The van der Waals surface area contributed by atoms with Crippen molar-refractivity contribution >= 4 is 10.0 Å². The minimum atomic E-state index is -3.47. The summed E-state index contributed by atoms with van der Waals surface area (Å²) in [4.78, 5) is 0.319. The van der Waals surface area contributed by atoms with Crippen molar-refractivity contribution in [3.05, 3.63) is 59.7 Å². The molecule has 1 heterocycles. The lowest BCUT2D eigenvalue weighted by molar-refractivity contribution is 0.223. The third-order valence-corrected chi connectivity index (χ3v) is 5.73. The molecule has 0 aliphatic carbocycles. The van der Waals surface area contributed by atoms with Gasteiger partial charge in [0.25, 0.3) is 0 Å². The van der Waals surface area contributed by atoms with Crippen molar-refractivity contribution in [3.63, 3.8) is 0 Å². The normalized spacial score (nSPS) is 17.1. The van der Waals surface area contributed by atoms with E-state index in [0.717, 1.165) is 36.1 Å². The molecule has 24 heavy (non-hydrogen) atoms. The first-order chi connectivity index (χ1) is 11.6. The topological polar surface area (TPSA) is 55.4 Å². The summed E-state index contributed by atoms with van der Waals surface area (Å²) in [7, 11) is -3.47. The molecule has 0 fully saturated rings. The van der Waals surface area contributed by atoms with Crippen molar-refractivity contribution < 1.29 is 13.2 Å². The van der Waals surface area contributed by atoms with Gasteiger partial charge >= 0.3 is 0 Å². The van der Waals surface area contributed by atoms with Crippen molar-refractivity contribution in [3.8, 4) is 5.75 Å². The van der Waals surface area contributed by atoms with Crippen molar-refractivity contribution in [2.45, 2.75) is 31.1 Å². The Balaban J connectivity index is 1.61. The van der Waals surface area contributed by atoms with Gasteiger partial charge in [0.15, 0.2) is 0 Å². The molecule has 0 amide bonds. The fraction of sp³-hybridized carbons (Fsp3) is 0.368. The number of nitrogens with one attached hydrogen (secondary N) is 1. The summed E-state index contributed by atoms with van der Waals surface area (Å²) in [6.07, 6.45) is 2.84. The molecule has 1 N–H and O–H groups in total. The molecule has 5 heteroatoms. The highest BCUT2D eigenvalue weighted by Gasteiger charge is 2.22. The van der Waals surface area contributed by atoms with E-state index < -0.39 is 10.0 Å². The number of aryl methyl sites for hydroxylation is 1. The van der Waals surface area contributed by atoms with Crippen LogP contribution in [0, 0.1) is 5.92 Å². The van der Waals surface area contributed by atoms with E-state index in [9.17, 15) is 8.42 Å². The van der Waals surface area contributed by atoms with Gasteiger partial charge in [-0.1, -0.05) is 43.7 Å². The van der Waals surface area contributed by atoms with Crippen molar-refractivity contribution in [1.29, 1.82) is 0 Å². The van der Waals surface area contributed by atoms with Gasteiger partial charge in [-0.15, -0.1) is 0 Å². The summed E-state index contributed by atoms with van der Waals surface area (Å²) in [5.41, 5.74) is 2.30. The first-order valence-corrected chi connectivity index (χ1v) is 9.86. The van der Waals surface area contributed by atoms with E-state index in [1.807, 2.05) is 36.4 Å². The second-order valence-electron chi connectivity index (χ2n) is 6.23. The van der Waals surface area contributed by atoms with E-state index in [1.54, 1.807) is 12.1 Å². The van der Waals surface area contributed by atoms with Gasteiger partial charge in [0, 0.05) is 12.5 Å². The van der Waals surface area contributed by atoms with E-state index in [1.165, 1.54) is 0 Å². The zero-order valence-electron chi connectivity index (χ0n) is 13.9. The lowest BCUT2D eigenvalue weighted by Crippen LogP contribution is -2.34. The zero-order chi connectivity index (χ0) is 17.0. The van der Waals surface area contributed by atoms with Gasteiger partial charge in [-0.05, 0) is 42.2 Å². The molecule has 0 spiro atoms. The summed E-state index contributed by atoms with van der Waals surface area (Å²) in [6, 6.07) is 15.0. The lowest BCUT2D eigenvalue weighted by atomic mass is 9.97. The number of rotatable bonds is 6. The highest BCUT2D eigenvalue weighted by molar-refractivity contribution is 7.89. The Labute approximate surface area is 143 Å². The number of benzene rings is 2. The summed E-state index contributed by atoms with van der Waals surface area (Å²) in [5.74, 6) is 1.05. The number of para-hydroxylation sites is 1. The standard InChI is InChI=1S/C19H23NO3S/c1-2-5-15-8-10-18(11-9-15)24(21,22)20-13-16-12-17-6-3-4-7-19(17)23-14-16/h3-4,6-11,16,20H,2,5,12-14H2,1H3. The lowest BCUT2D eigenvalue weighted by Gasteiger charge is -2.25. The van der Waals surface area contributed by atoms with Crippen LogP contribution in [0.3, 0.4) is 0 Å². The van der Waals surface area contributed by atoms with Gasteiger partial charge in [0.2, 0.25) is 10.0 Å². The Hall–Kier alpha value is -1.85. The van der Waals surface area contributed by atoms with Gasteiger partial charge in [-0.25, -0.2) is 13.1 Å². The van der Waals surface area contributed by atoms with Crippen LogP contribution in [0.5, 0.6) is 5.75 Å². The van der Waals surface area contributed by atoms with E-state index in [4.69, 9.17) is 4.74 Å². The van der Waals surface area contributed by atoms with E-state index in [-0.39, 0.29) is 5.92 Å². The van der Waals surface area contributed by atoms with Crippen LogP contribution in [0.25, 0.3) is 0 Å². The highest BCUT2D eigenvalue weighted by atomic mass is 32.2. The van der Waals surface area contributed by atoms with Crippen LogP contribution < -0.4 is 9.46 Å². The monoisotopic (exact) mass is 345 g/mol. The van der Waals surface area contributed by atoms with Gasteiger partial charge in [-0.3, -0.25) is 0 Å². The van der Waals surface area contributed by atoms with Crippen LogP contribution >= 0.6 is 0 Å². The summed E-state index contributed by atoms with van der Waals surface area (Å²) in [5, 5.41) is 0. The number of sulfonamides is 1. The third-order valence-electron chi connectivity index (χ3n) is 4.29. The maximum absolute atomic E-state index is 12.4. The predicted molar refractivity (Wildman–Crippen MR) is 94.8 cm³/mol. The maximum atomic E-state index is 12.4. The number of fused-ring (bicyclic) bond motifs is 1. The smallest absolute Gasteiger partial charge is 0.240 e. The number of ether oxygens (including phenoxy) is 1. The zero-order valence-corrected chi connectivity index (χ0v) is 14.7. The van der Waals surface area contributed by atoms with Gasteiger partial charge in [-0.2, -0.15) is 0 Å². The molecule has 0 bridgehead atoms. The summed E-state index contributed by atoms with van der Waals surface area (Å²) >= 11 is 0. The Morgan fingerprint density at radius 1 is 1.12 bits per heavy atom. The molecule has 1 atom stereocenters. The van der Waals surface area contributed by atoms with Crippen molar-refractivity contribution in [1.82, 2.24) is 4.72 Å². The van der Waals surface area contributed by atoms with Gasteiger partial charge in [0.1, 0.15) is 5.75 Å². The molecule has 2 aromatic rings. The van der Waals surface area contributed by atoms with Crippen LogP contribution in [0.1, 0.15) is 24.5 Å². The Morgan fingerprint density at radius 3 is 2.62 bits per heavy atom. The number of hydrogen-bond donors (Lipinski definition) is 1. The van der Waals surface area contributed by atoms with Crippen molar-refractivity contribution in [2.24, 2.45) is 5.92 Å². The molecular formula is C19H23NO3S. The quantitative estimate of drug-likeness (QED) is 0.875. The molecule has 128 valence electrons. The van der Waals surface area contributed by atoms with Crippen LogP contribution in [0.4, 0.5) is 0 Å². The fourth-order valence-electron chi connectivity index (χ4n) is 2.96.